The second kappa shape index (κ2) is 19.4. The van der Waals surface area contributed by atoms with E-state index in [1.807, 2.05) is 6.07 Å². The predicted molar refractivity (Wildman–Crippen MR) is 197 cm³/mol. The summed E-state index contributed by atoms with van der Waals surface area (Å²) in [5, 5.41) is 18.5. The van der Waals surface area contributed by atoms with E-state index in [0.717, 1.165) is 34.6 Å². The molecular formula is C43H56O6. The van der Waals surface area contributed by atoms with Crippen LogP contribution in [-0.2, 0) is 38.3 Å². The van der Waals surface area contributed by atoms with Crippen LogP contribution < -0.4 is 0 Å². The number of ether oxygens (including phenoxy) is 2. The van der Waals surface area contributed by atoms with Gasteiger partial charge in [-0.1, -0.05) is 107 Å². The van der Waals surface area contributed by atoms with E-state index in [1.54, 1.807) is 6.92 Å². The monoisotopic (exact) mass is 668 g/mol. The Balaban J connectivity index is 1.50. The Morgan fingerprint density at radius 1 is 0.816 bits per heavy atom. The molecule has 0 saturated heterocycles. The zero-order valence-corrected chi connectivity index (χ0v) is 29.8. The fraction of sp³-hybridized carbons (Fsp3) is 0.488. The third-order valence-electron chi connectivity index (χ3n) is 10.0. The smallest absolute Gasteiger partial charge is 0.335 e. The van der Waals surface area contributed by atoms with E-state index in [1.165, 1.54) is 73.6 Å². The van der Waals surface area contributed by atoms with Gasteiger partial charge < -0.3 is 19.7 Å². The first-order chi connectivity index (χ1) is 23.8. The number of unbranched alkanes of at least 4 members (excludes halogenated alkanes) is 2. The molecule has 1 unspecified atom stereocenters. The van der Waals surface area contributed by atoms with E-state index in [4.69, 9.17) is 9.47 Å². The number of aliphatic hydroxyl groups is 2. The molecule has 1 fully saturated rings. The highest BCUT2D eigenvalue weighted by molar-refractivity contribution is 5.87. The maximum atomic E-state index is 12.1. The average Bonchev–Trinajstić information content (AvgIpc) is 3.14. The van der Waals surface area contributed by atoms with E-state index in [9.17, 15) is 19.8 Å². The number of rotatable bonds is 18. The van der Waals surface area contributed by atoms with E-state index >= 15 is 0 Å². The SMILES string of the molecule is C=C(CO)C(=O)OCCc1cc(CCOC(=O)C(C)CO)cc(-c2ccc(-c3ccc(C4CCC(CCCCC)CC4)cc3)c(CC)c2)c1. The summed E-state index contributed by atoms with van der Waals surface area (Å²) in [7, 11) is 0. The summed E-state index contributed by atoms with van der Waals surface area (Å²) in [6, 6.07) is 22.2. The molecule has 0 spiro atoms. The molecule has 3 aromatic carbocycles. The number of aryl methyl sites for hydroxylation is 1. The van der Waals surface area contributed by atoms with Crippen molar-refractivity contribution in [1.29, 1.82) is 0 Å². The molecule has 1 saturated carbocycles. The molecule has 6 heteroatoms. The van der Waals surface area contributed by atoms with Crippen molar-refractivity contribution < 1.29 is 29.3 Å². The van der Waals surface area contributed by atoms with Gasteiger partial charge in [0.05, 0.1) is 37.9 Å². The number of esters is 2. The largest absolute Gasteiger partial charge is 0.465 e. The van der Waals surface area contributed by atoms with Crippen LogP contribution in [-0.4, -0.2) is 48.6 Å². The van der Waals surface area contributed by atoms with Crippen LogP contribution in [0.2, 0.25) is 0 Å². The lowest BCUT2D eigenvalue weighted by atomic mass is 9.77. The van der Waals surface area contributed by atoms with Crippen molar-refractivity contribution in [3.05, 3.63) is 95.1 Å². The number of carbonyl (C=O) groups is 2. The van der Waals surface area contributed by atoms with E-state index in [2.05, 4.69) is 75.0 Å². The van der Waals surface area contributed by atoms with E-state index < -0.39 is 24.5 Å². The molecule has 0 aliphatic heterocycles. The molecule has 1 aliphatic rings. The van der Waals surface area contributed by atoms with Gasteiger partial charge in [-0.15, -0.1) is 0 Å². The van der Waals surface area contributed by atoms with Crippen molar-refractivity contribution in [3.63, 3.8) is 0 Å². The van der Waals surface area contributed by atoms with Gasteiger partial charge in [0.1, 0.15) is 0 Å². The highest BCUT2D eigenvalue weighted by Gasteiger charge is 2.22. The molecule has 0 heterocycles. The minimum atomic E-state index is -0.606. The second-order valence-corrected chi connectivity index (χ2v) is 13.7. The van der Waals surface area contributed by atoms with Crippen LogP contribution in [0.3, 0.4) is 0 Å². The first kappa shape index (κ1) is 38.1. The summed E-state index contributed by atoms with van der Waals surface area (Å²) >= 11 is 0. The quantitative estimate of drug-likeness (QED) is 0.0800. The number of hydrogen-bond acceptors (Lipinski definition) is 6. The molecule has 1 aliphatic carbocycles. The summed E-state index contributed by atoms with van der Waals surface area (Å²) < 4.78 is 10.7. The maximum absolute atomic E-state index is 12.1. The van der Waals surface area contributed by atoms with Gasteiger partial charge in [0, 0.05) is 12.8 Å². The summed E-state index contributed by atoms with van der Waals surface area (Å²) in [6.45, 7) is 9.31. The molecule has 2 N–H and O–H groups in total. The van der Waals surface area contributed by atoms with Gasteiger partial charge in [-0.3, -0.25) is 4.79 Å². The molecule has 49 heavy (non-hydrogen) atoms. The van der Waals surface area contributed by atoms with Crippen LogP contribution in [0.1, 0.15) is 100 Å². The van der Waals surface area contributed by atoms with Gasteiger partial charge in [0.2, 0.25) is 0 Å². The third kappa shape index (κ3) is 11.1. The predicted octanol–water partition coefficient (Wildman–Crippen LogP) is 8.79. The minimum absolute atomic E-state index is 0.0236. The fourth-order valence-corrected chi connectivity index (χ4v) is 6.88. The highest BCUT2D eigenvalue weighted by Crippen LogP contribution is 2.39. The van der Waals surface area contributed by atoms with Gasteiger partial charge in [-0.05, 0) is 95.4 Å². The Kier molecular flexibility index (Phi) is 15.1. The van der Waals surface area contributed by atoms with Gasteiger partial charge in [-0.2, -0.15) is 0 Å². The van der Waals surface area contributed by atoms with Gasteiger partial charge in [-0.25, -0.2) is 4.79 Å². The van der Waals surface area contributed by atoms with E-state index in [0.29, 0.717) is 18.8 Å². The fourth-order valence-electron chi connectivity index (χ4n) is 6.88. The van der Waals surface area contributed by atoms with Gasteiger partial charge in [0.25, 0.3) is 0 Å². The maximum Gasteiger partial charge on any atom is 0.335 e. The topological polar surface area (TPSA) is 93.1 Å². The molecular weight excluding hydrogens is 612 g/mol. The molecule has 1 atom stereocenters. The Bertz CT molecular complexity index is 1520. The Hall–Kier alpha value is -3.74. The summed E-state index contributed by atoms with van der Waals surface area (Å²) in [6.07, 6.45) is 12.7. The van der Waals surface area contributed by atoms with Crippen LogP contribution in [0, 0.1) is 11.8 Å². The lowest BCUT2D eigenvalue weighted by molar-refractivity contribution is -0.149. The summed E-state index contributed by atoms with van der Waals surface area (Å²) in [5.74, 6) is -0.00352. The highest BCUT2D eigenvalue weighted by atomic mass is 16.5. The molecule has 0 bridgehead atoms. The normalized spacial score (nSPS) is 16.6. The first-order valence-electron chi connectivity index (χ1n) is 18.4. The third-order valence-corrected chi connectivity index (χ3v) is 10.0. The average molecular weight is 669 g/mol. The Labute approximate surface area is 293 Å². The molecule has 0 radical (unpaired) electrons. The van der Waals surface area contributed by atoms with Crippen LogP contribution >= 0.6 is 0 Å². The van der Waals surface area contributed by atoms with Crippen molar-refractivity contribution in [2.24, 2.45) is 11.8 Å². The van der Waals surface area contributed by atoms with E-state index in [-0.39, 0.29) is 25.4 Å². The van der Waals surface area contributed by atoms with Crippen LogP contribution in [0.25, 0.3) is 22.3 Å². The van der Waals surface area contributed by atoms with Crippen molar-refractivity contribution in [2.45, 2.75) is 97.3 Å². The van der Waals surface area contributed by atoms with Crippen molar-refractivity contribution in [2.75, 3.05) is 26.4 Å². The lowest BCUT2D eigenvalue weighted by Crippen LogP contribution is -2.19. The summed E-state index contributed by atoms with van der Waals surface area (Å²) in [5.41, 5.74) is 9.35. The number of hydrogen-bond donors (Lipinski definition) is 2. The molecule has 6 nitrogen and oxygen atoms in total. The number of aliphatic hydroxyl groups excluding tert-OH is 2. The van der Waals surface area contributed by atoms with Crippen molar-refractivity contribution in [1.82, 2.24) is 0 Å². The standard InChI is InChI=1S/C43H56O6/c1-5-7-8-9-32-10-12-36(13-11-32)37-14-16-38(17-15-37)41-19-18-39(27-35(41)6-2)40-25-33(20-22-48-42(46)30(3)28-44)24-34(26-40)21-23-49-43(47)31(4)29-45/h14-19,24-27,31-32,36,44-45H,3,5-13,20-23,28-29H2,1-2,4H3. The van der Waals surface area contributed by atoms with Gasteiger partial charge in [0.15, 0.2) is 0 Å². The molecule has 0 amide bonds. The number of benzene rings is 3. The van der Waals surface area contributed by atoms with Crippen LogP contribution in [0.5, 0.6) is 0 Å². The van der Waals surface area contributed by atoms with Crippen molar-refractivity contribution >= 4 is 11.9 Å². The second-order valence-electron chi connectivity index (χ2n) is 13.7. The Morgan fingerprint density at radius 3 is 2.08 bits per heavy atom. The first-order valence-corrected chi connectivity index (χ1v) is 18.4. The minimum Gasteiger partial charge on any atom is -0.465 e. The summed E-state index contributed by atoms with van der Waals surface area (Å²) in [4.78, 5) is 24.1. The lowest BCUT2D eigenvalue weighted by Gasteiger charge is -2.29. The van der Waals surface area contributed by atoms with Crippen molar-refractivity contribution in [3.8, 4) is 22.3 Å². The molecule has 3 aromatic rings. The van der Waals surface area contributed by atoms with Crippen LogP contribution in [0.4, 0.5) is 0 Å². The zero-order valence-electron chi connectivity index (χ0n) is 29.8. The number of carbonyl (C=O) groups excluding carboxylic acids is 2. The Morgan fingerprint density at radius 2 is 1.47 bits per heavy atom. The molecule has 4 rings (SSSR count). The zero-order chi connectivity index (χ0) is 35.2. The molecule has 264 valence electrons. The van der Waals surface area contributed by atoms with Crippen LogP contribution in [0.15, 0.2) is 72.8 Å². The molecule has 0 aromatic heterocycles. The van der Waals surface area contributed by atoms with Gasteiger partial charge >= 0.3 is 11.9 Å².